The van der Waals surface area contributed by atoms with E-state index < -0.39 is 42.5 Å². The third kappa shape index (κ3) is 13.8. The molecule has 242 valence electrons. The van der Waals surface area contributed by atoms with Gasteiger partial charge in [-0.15, -0.1) is 0 Å². The molecule has 8 N–H and O–H groups in total. The summed E-state index contributed by atoms with van der Waals surface area (Å²) in [5.74, 6) is -2.76. The minimum atomic E-state index is -1.41. The summed E-state index contributed by atoms with van der Waals surface area (Å²) in [6.07, 6.45) is 8.29. The summed E-state index contributed by atoms with van der Waals surface area (Å²) in [6.45, 7) is 0.892. The first-order chi connectivity index (χ1) is 21.1. The van der Waals surface area contributed by atoms with Crippen LogP contribution in [0, 0.1) is 11.8 Å². The number of benzene rings is 1. The molecule has 1 saturated carbocycles. The minimum Gasteiger partial charge on any atom is -0.481 e. The number of hydrogen-bond donors (Lipinski definition) is 7. The van der Waals surface area contributed by atoms with Gasteiger partial charge in [-0.2, -0.15) is 0 Å². The molecule has 1 fully saturated rings. The monoisotopic (exact) mass is 615 g/mol. The molecule has 0 bridgehead atoms. The first-order valence-corrected chi connectivity index (χ1v) is 15.1. The van der Waals surface area contributed by atoms with E-state index in [-0.39, 0.29) is 37.1 Å². The van der Waals surface area contributed by atoms with Crippen molar-refractivity contribution in [2.24, 2.45) is 17.6 Å². The number of aldehydes is 1. The maximum absolute atomic E-state index is 13.1. The number of amides is 4. The summed E-state index contributed by atoms with van der Waals surface area (Å²) in [5, 5.41) is 28.2. The van der Waals surface area contributed by atoms with Crippen molar-refractivity contribution < 1.29 is 39.0 Å². The van der Waals surface area contributed by atoms with Crippen LogP contribution in [-0.4, -0.2) is 77.5 Å². The van der Waals surface area contributed by atoms with E-state index in [0.717, 1.165) is 31.2 Å². The smallest absolute Gasteiger partial charge is 0.326 e. The average molecular weight is 616 g/mol. The van der Waals surface area contributed by atoms with Gasteiger partial charge in [0.25, 0.3) is 0 Å². The second-order valence-corrected chi connectivity index (χ2v) is 11.0. The van der Waals surface area contributed by atoms with Gasteiger partial charge >= 0.3 is 18.0 Å². The first kappa shape index (κ1) is 35.9. The Kier molecular flexibility index (Phi) is 16.2. The fraction of sp³-hybridized carbons (Fsp3) is 0.548. The summed E-state index contributed by atoms with van der Waals surface area (Å²) >= 11 is 0. The first-order valence-electron chi connectivity index (χ1n) is 15.1. The van der Waals surface area contributed by atoms with Gasteiger partial charge in [0.05, 0.1) is 6.04 Å². The number of carbonyl (C=O) groups is 6. The zero-order valence-electron chi connectivity index (χ0n) is 24.9. The van der Waals surface area contributed by atoms with E-state index in [4.69, 9.17) is 10.8 Å². The number of nitrogens with two attached hydrogens (primary N) is 1. The Hall–Kier alpha value is -4.26. The highest BCUT2D eigenvalue weighted by Gasteiger charge is 2.29. The van der Waals surface area contributed by atoms with Crippen molar-refractivity contribution in [3.63, 3.8) is 0 Å². The van der Waals surface area contributed by atoms with E-state index in [2.05, 4.69) is 21.3 Å². The zero-order valence-corrected chi connectivity index (χ0v) is 24.9. The number of carbonyl (C=O) groups excluding carboxylic acids is 4. The fourth-order valence-corrected chi connectivity index (χ4v) is 4.98. The highest BCUT2D eigenvalue weighted by atomic mass is 16.4. The molecule has 0 aromatic heterocycles. The lowest BCUT2D eigenvalue weighted by Crippen LogP contribution is -2.49. The van der Waals surface area contributed by atoms with Crippen molar-refractivity contribution in [2.75, 3.05) is 13.1 Å². The number of rotatable bonds is 19. The number of nitrogens with one attached hydrogen (secondary N) is 4. The fourth-order valence-electron chi connectivity index (χ4n) is 4.98. The van der Waals surface area contributed by atoms with Crippen LogP contribution in [-0.2, 0) is 24.0 Å². The largest absolute Gasteiger partial charge is 0.481 e. The molecule has 1 unspecified atom stereocenters. The van der Waals surface area contributed by atoms with Crippen LogP contribution in [0.2, 0.25) is 0 Å². The number of unbranched alkanes of at least 4 members (excludes halogenated alkanes) is 1. The Morgan fingerprint density at radius 3 is 2.23 bits per heavy atom. The van der Waals surface area contributed by atoms with Crippen LogP contribution in [0.15, 0.2) is 36.4 Å². The predicted octanol–water partition coefficient (Wildman–Crippen LogP) is 1.81. The number of carboxylic acids is 2. The van der Waals surface area contributed by atoms with Crippen LogP contribution in [0.3, 0.4) is 0 Å². The van der Waals surface area contributed by atoms with Gasteiger partial charge in [-0.3, -0.25) is 14.4 Å². The van der Waals surface area contributed by atoms with Crippen molar-refractivity contribution in [1.29, 1.82) is 0 Å². The molecular formula is C31H45N5O8. The number of carboxylic acid groups (broad SMARTS) is 2. The van der Waals surface area contributed by atoms with Crippen LogP contribution >= 0.6 is 0 Å². The molecule has 0 radical (unpaired) electrons. The molecule has 44 heavy (non-hydrogen) atoms. The summed E-state index contributed by atoms with van der Waals surface area (Å²) in [4.78, 5) is 71.6. The normalized spacial score (nSPS) is 18.4. The molecule has 1 aromatic rings. The standard InChI is InChI=1S/C31H45N5O8/c32-19-22-12-14-23(15-13-22)28(40)35-25(11-6-9-21-7-2-1-3-8-21)29(41)33-18-5-4-10-24(20-37)34-31(44)36-26(30(42)43)16-17-27(38)39/h1-3,6-9,20,22-26H,4-5,10-19,32H2,(H,33,41)(H,35,40)(H,38,39)(H,42,43)(H2,34,36,44)/b9-6+/t22?,23?,24-,25+,26?/m0/s1. The Morgan fingerprint density at radius 1 is 0.909 bits per heavy atom. The minimum absolute atomic E-state index is 0.139. The highest BCUT2D eigenvalue weighted by Crippen LogP contribution is 2.28. The zero-order chi connectivity index (χ0) is 32.3. The summed E-state index contributed by atoms with van der Waals surface area (Å²) < 4.78 is 0. The molecule has 1 aromatic carbocycles. The second-order valence-electron chi connectivity index (χ2n) is 11.0. The maximum atomic E-state index is 13.1. The molecule has 4 amide bonds. The molecule has 0 saturated heterocycles. The van der Waals surface area contributed by atoms with E-state index in [9.17, 15) is 33.9 Å². The van der Waals surface area contributed by atoms with Crippen molar-refractivity contribution in [2.45, 2.75) is 82.3 Å². The van der Waals surface area contributed by atoms with Crippen molar-refractivity contribution in [3.8, 4) is 0 Å². The average Bonchev–Trinajstić information content (AvgIpc) is 3.01. The van der Waals surface area contributed by atoms with Crippen molar-refractivity contribution in [1.82, 2.24) is 21.3 Å². The quantitative estimate of drug-likeness (QED) is 0.0890. The van der Waals surface area contributed by atoms with Crippen LogP contribution in [0.5, 0.6) is 0 Å². The molecule has 13 nitrogen and oxygen atoms in total. The van der Waals surface area contributed by atoms with Gasteiger partial charge in [0.2, 0.25) is 11.8 Å². The Balaban J connectivity index is 1.83. The van der Waals surface area contributed by atoms with Gasteiger partial charge in [0.1, 0.15) is 18.4 Å². The maximum Gasteiger partial charge on any atom is 0.326 e. The van der Waals surface area contributed by atoms with Gasteiger partial charge < -0.3 is 42.0 Å². The lowest BCUT2D eigenvalue weighted by atomic mass is 9.81. The lowest BCUT2D eigenvalue weighted by Gasteiger charge is -2.28. The lowest BCUT2D eigenvalue weighted by molar-refractivity contribution is -0.140. The second kappa shape index (κ2) is 19.8. The number of aliphatic carboxylic acids is 2. The molecule has 3 atom stereocenters. The third-order valence-electron chi connectivity index (χ3n) is 7.64. The highest BCUT2D eigenvalue weighted by molar-refractivity contribution is 5.88. The van der Waals surface area contributed by atoms with E-state index in [1.807, 2.05) is 42.5 Å². The Bertz CT molecular complexity index is 1120. The number of urea groups is 1. The number of hydrogen-bond acceptors (Lipinski definition) is 7. The molecule has 0 spiro atoms. The molecule has 13 heteroatoms. The summed E-state index contributed by atoms with van der Waals surface area (Å²) in [5.41, 5.74) is 6.75. The summed E-state index contributed by atoms with van der Waals surface area (Å²) in [6, 6.07) is 5.65. The van der Waals surface area contributed by atoms with Crippen molar-refractivity contribution in [3.05, 3.63) is 42.0 Å². The van der Waals surface area contributed by atoms with E-state index in [1.54, 1.807) is 0 Å². The van der Waals surface area contributed by atoms with Crippen LogP contribution in [0.4, 0.5) is 4.79 Å². The van der Waals surface area contributed by atoms with Crippen LogP contribution < -0.4 is 27.0 Å². The van der Waals surface area contributed by atoms with Gasteiger partial charge in [-0.25, -0.2) is 9.59 Å². The molecule has 0 aliphatic heterocycles. The van der Waals surface area contributed by atoms with Gasteiger partial charge in [-0.05, 0) is 75.8 Å². The Morgan fingerprint density at radius 2 is 1.61 bits per heavy atom. The molecular weight excluding hydrogens is 570 g/mol. The Labute approximate surface area is 257 Å². The molecule has 1 aliphatic rings. The van der Waals surface area contributed by atoms with E-state index in [1.165, 1.54) is 0 Å². The van der Waals surface area contributed by atoms with Gasteiger partial charge in [-0.1, -0.05) is 42.5 Å². The van der Waals surface area contributed by atoms with Gasteiger partial charge in [0.15, 0.2) is 0 Å². The van der Waals surface area contributed by atoms with Gasteiger partial charge in [0, 0.05) is 18.9 Å². The molecule has 1 aliphatic carbocycles. The van der Waals surface area contributed by atoms with Crippen LogP contribution in [0.25, 0.3) is 6.08 Å². The molecule has 2 rings (SSSR count). The third-order valence-corrected chi connectivity index (χ3v) is 7.64. The predicted molar refractivity (Wildman–Crippen MR) is 163 cm³/mol. The van der Waals surface area contributed by atoms with Crippen LogP contribution in [0.1, 0.15) is 69.8 Å². The molecule has 0 heterocycles. The van der Waals surface area contributed by atoms with E-state index in [0.29, 0.717) is 38.0 Å². The SMILES string of the molecule is NCC1CCC(C(=O)N[C@H](C/C=C/c2ccccc2)C(=O)NCCCC[C@@H](C=O)NC(=O)NC(CCC(=O)O)C(=O)O)CC1. The summed E-state index contributed by atoms with van der Waals surface area (Å²) in [7, 11) is 0. The van der Waals surface area contributed by atoms with E-state index >= 15 is 0 Å². The topological polar surface area (TPSA) is 217 Å². The van der Waals surface area contributed by atoms with Crippen molar-refractivity contribution >= 4 is 42.1 Å².